The Morgan fingerprint density at radius 1 is 1.20 bits per heavy atom. The van der Waals surface area contributed by atoms with E-state index in [4.69, 9.17) is 0 Å². The molecule has 0 saturated heterocycles. The number of carbonyl (C=O) groups excluding carboxylic acids is 1. The number of Topliss-reactive ketones (excluding diaryl/α,β-unsaturated/α-hetero) is 1. The van der Waals surface area contributed by atoms with Crippen LogP contribution in [0.3, 0.4) is 0 Å². The van der Waals surface area contributed by atoms with Crippen LogP contribution in [0.25, 0.3) is 0 Å². The maximum atomic E-state index is 11.4. The lowest BCUT2D eigenvalue weighted by atomic mass is 10.1. The molecule has 0 amide bonds. The quantitative estimate of drug-likeness (QED) is 0.850. The number of hydrogen-bond donors (Lipinski definition) is 1. The topological polar surface area (TPSA) is 59.3 Å². The number of carboxylic acids is 1. The number of nitrogens with zero attached hydrogens (tertiary/aromatic N) is 1. The van der Waals surface area contributed by atoms with E-state index in [0.29, 0.717) is 12.1 Å². The van der Waals surface area contributed by atoms with Gasteiger partial charge in [-0.1, -0.05) is 31.2 Å². The van der Waals surface area contributed by atoms with Crippen LogP contribution in [0.1, 0.15) is 45.8 Å². The smallest absolute Gasteiger partial charge is 0.352 e. The highest BCUT2D eigenvalue weighted by Crippen LogP contribution is 2.16. The highest BCUT2D eigenvalue weighted by Gasteiger charge is 2.15. The van der Waals surface area contributed by atoms with Gasteiger partial charge in [0.1, 0.15) is 5.69 Å². The highest BCUT2D eigenvalue weighted by molar-refractivity contribution is 5.97. The molecule has 0 spiro atoms. The zero-order chi connectivity index (χ0) is 14.7. The molecule has 1 aromatic heterocycles. The monoisotopic (exact) mass is 271 g/mol. The first-order valence-corrected chi connectivity index (χ1v) is 6.54. The molecule has 20 heavy (non-hydrogen) atoms. The van der Waals surface area contributed by atoms with Crippen molar-refractivity contribution in [1.82, 2.24) is 4.57 Å². The van der Waals surface area contributed by atoms with Gasteiger partial charge in [-0.05, 0) is 30.5 Å². The average Bonchev–Trinajstić information content (AvgIpc) is 2.84. The number of carbonyl (C=O) groups is 2. The lowest BCUT2D eigenvalue weighted by Crippen LogP contribution is -2.09. The molecular formula is C16H17NO3. The maximum Gasteiger partial charge on any atom is 0.352 e. The minimum absolute atomic E-state index is 0.130. The summed E-state index contributed by atoms with van der Waals surface area (Å²) in [7, 11) is 0. The van der Waals surface area contributed by atoms with Crippen LogP contribution in [0.4, 0.5) is 0 Å². The van der Waals surface area contributed by atoms with E-state index in [2.05, 4.69) is 6.92 Å². The van der Waals surface area contributed by atoms with Gasteiger partial charge < -0.3 is 9.67 Å². The van der Waals surface area contributed by atoms with Gasteiger partial charge in [-0.25, -0.2) is 4.79 Å². The molecule has 4 nitrogen and oxygen atoms in total. The molecule has 104 valence electrons. The predicted octanol–water partition coefficient (Wildman–Crippen LogP) is 3.00. The first-order chi connectivity index (χ1) is 9.52. The van der Waals surface area contributed by atoms with Gasteiger partial charge >= 0.3 is 5.97 Å². The van der Waals surface area contributed by atoms with Crippen molar-refractivity contribution in [3.8, 4) is 0 Å². The summed E-state index contributed by atoms with van der Waals surface area (Å²) < 4.78 is 1.62. The second kappa shape index (κ2) is 5.74. The summed E-state index contributed by atoms with van der Waals surface area (Å²) in [6.07, 6.45) is 2.50. The Morgan fingerprint density at radius 3 is 2.40 bits per heavy atom. The average molecular weight is 271 g/mol. The second-order valence-electron chi connectivity index (χ2n) is 4.73. The molecule has 2 rings (SSSR count). The van der Waals surface area contributed by atoms with E-state index in [1.54, 1.807) is 10.8 Å². The van der Waals surface area contributed by atoms with Crippen LogP contribution in [0.5, 0.6) is 0 Å². The normalized spacial score (nSPS) is 10.5. The first-order valence-electron chi connectivity index (χ1n) is 6.54. The van der Waals surface area contributed by atoms with Crippen LogP contribution >= 0.6 is 0 Å². The van der Waals surface area contributed by atoms with E-state index in [1.165, 1.54) is 18.6 Å². The SMILES string of the molecule is CCc1ccccc1Cn1cc(C(C)=O)cc1C(=O)O. The van der Waals surface area contributed by atoms with E-state index >= 15 is 0 Å². The van der Waals surface area contributed by atoms with Gasteiger partial charge in [0.15, 0.2) is 5.78 Å². The molecule has 4 heteroatoms. The molecule has 0 aliphatic heterocycles. The summed E-state index contributed by atoms with van der Waals surface area (Å²) in [4.78, 5) is 22.7. The Morgan fingerprint density at radius 2 is 1.85 bits per heavy atom. The van der Waals surface area contributed by atoms with Gasteiger partial charge in [0, 0.05) is 18.3 Å². The predicted molar refractivity (Wildman–Crippen MR) is 76.3 cm³/mol. The fraction of sp³-hybridized carbons (Fsp3) is 0.250. The van der Waals surface area contributed by atoms with Gasteiger partial charge in [-0.3, -0.25) is 4.79 Å². The Hall–Kier alpha value is -2.36. The maximum absolute atomic E-state index is 11.4. The number of carboxylic acid groups (broad SMARTS) is 1. The number of benzene rings is 1. The van der Waals surface area contributed by atoms with Crippen LogP contribution in [0.2, 0.25) is 0 Å². The van der Waals surface area contributed by atoms with Gasteiger partial charge in [0.25, 0.3) is 0 Å². The Bertz CT molecular complexity index is 655. The van der Waals surface area contributed by atoms with Crippen molar-refractivity contribution in [1.29, 1.82) is 0 Å². The molecule has 0 fully saturated rings. The molecule has 0 saturated carbocycles. The molecule has 2 aromatic rings. The molecule has 1 N–H and O–H groups in total. The van der Waals surface area contributed by atoms with Crippen LogP contribution in [-0.2, 0) is 13.0 Å². The standard InChI is InChI=1S/C16H17NO3/c1-3-12-6-4-5-7-13(12)9-17-10-14(11(2)18)8-15(17)16(19)20/h4-8,10H,3,9H2,1-2H3,(H,19,20). The van der Waals surface area contributed by atoms with Crippen molar-refractivity contribution in [2.75, 3.05) is 0 Å². The summed E-state index contributed by atoms with van der Waals surface area (Å²) in [6.45, 7) is 3.96. The number of aromatic nitrogens is 1. The van der Waals surface area contributed by atoms with E-state index in [1.807, 2.05) is 24.3 Å². The second-order valence-corrected chi connectivity index (χ2v) is 4.73. The van der Waals surface area contributed by atoms with E-state index in [0.717, 1.165) is 12.0 Å². The molecule has 0 atom stereocenters. The summed E-state index contributed by atoms with van der Waals surface area (Å²) in [5.74, 6) is -1.15. The first kappa shape index (κ1) is 14.1. The van der Waals surface area contributed by atoms with Crippen LogP contribution in [-0.4, -0.2) is 21.4 Å². The van der Waals surface area contributed by atoms with Crippen molar-refractivity contribution in [2.45, 2.75) is 26.8 Å². The number of ketones is 1. The van der Waals surface area contributed by atoms with E-state index < -0.39 is 5.97 Å². The number of rotatable bonds is 5. The Balaban J connectivity index is 2.42. The van der Waals surface area contributed by atoms with Gasteiger partial charge in [0.2, 0.25) is 0 Å². The molecule has 0 unspecified atom stereocenters. The summed E-state index contributed by atoms with van der Waals surface area (Å²) in [5.41, 5.74) is 2.82. The van der Waals surface area contributed by atoms with Crippen molar-refractivity contribution < 1.29 is 14.7 Å². The minimum Gasteiger partial charge on any atom is -0.477 e. The third-order valence-corrected chi connectivity index (χ3v) is 3.36. The lowest BCUT2D eigenvalue weighted by molar-refractivity contribution is 0.0685. The molecule has 1 heterocycles. The summed E-state index contributed by atoms with van der Waals surface area (Å²) in [6, 6.07) is 9.35. The number of hydrogen-bond acceptors (Lipinski definition) is 2. The van der Waals surface area contributed by atoms with Crippen molar-refractivity contribution in [3.63, 3.8) is 0 Å². The van der Waals surface area contributed by atoms with Crippen LogP contribution < -0.4 is 0 Å². The summed E-state index contributed by atoms with van der Waals surface area (Å²) >= 11 is 0. The van der Waals surface area contributed by atoms with E-state index in [9.17, 15) is 14.7 Å². The van der Waals surface area contributed by atoms with Crippen LogP contribution in [0, 0.1) is 0 Å². The summed E-state index contributed by atoms with van der Waals surface area (Å²) in [5, 5.41) is 9.23. The zero-order valence-electron chi connectivity index (χ0n) is 11.6. The molecule has 0 aliphatic rings. The van der Waals surface area contributed by atoms with E-state index in [-0.39, 0.29) is 11.5 Å². The highest BCUT2D eigenvalue weighted by atomic mass is 16.4. The zero-order valence-corrected chi connectivity index (χ0v) is 11.6. The van der Waals surface area contributed by atoms with Gasteiger partial charge in [0.05, 0.1) is 0 Å². The Kier molecular flexibility index (Phi) is 4.03. The van der Waals surface area contributed by atoms with Gasteiger partial charge in [-0.2, -0.15) is 0 Å². The third kappa shape index (κ3) is 2.79. The van der Waals surface area contributed by atoms with Crippen molar-refractivity contribution in [2.24, 2.45) is 0 Å². The lowest BCUT2D eigenvalue weighted by Gasteiger charge is -2.10. The molecule has 0 radical (unpaired) electrons. The Labute approximate surface area is 117 Å². The largest absolute Gasteiger partial charge is 0.477 e. The molecule has 1 aromatic carbocycles. The molecule has 0 aliphatic carbocycles. The van der Waals surface area contributed by atoms with Crippen molar-refractivity contribution >= 4 is 11.8 Å². The molecule has 0 bridgehead atoms. The number of aryl methyl sites for hydroxylation is 1. The number of aromatic carboxylic acids is 1. The fourth-order valence-electron chi connectivity index (χ4n) is 2.25. The van der Waals surface area contributed by atoms with Crippen molar-refractivity contribution in [3.05, 3.63) is 58.9 Å². The van der Waals surface area contributed by atoms with Gasteiger partial charge in [-0.15, -0.1) is 0 Å². The molecular weight excluding hydrogens is 254 g/mol. The fourth-order valence-corrected chi connectivity index (χ4v) is 2.25. The third-order valence-electron chi connectivity index (χ3n) is 3.36. The minimum atomic E-state index is -1.02. The van der Waals surface area contributed by atoms with Crippen LogP contribution in [0.15, 0.2) is 36.5 Å².